The maximum Gasteiger partial charge on any atom is 0.0672 e. The number of hydrogen-bond acceptors (Lipinski definition) is 2. The van der Waals surface area contributed by atoms with Crippen molar-refractivity contribution in [1.82, 2.24) is 14.8 Å². The minimum absolute atomic E-state index is 0.600. The monoisotopic (exact) mass is 309 g/mol. The second-order valence-electron chi connectivity index (χ2n) is 7.57. The minimum atomic E-state index is 0.600. The van der Waals surface area contributed by atoms with Crippen LogP contribution in [0.25, 0.3) is 10.9 Å². The number of rotatable bonds is 2. The average Bonchev–Trinajstić information content (AvgIpc) is 3.12. The fourth-order valence-electron chi connectivity index (χ4n) is 5.51. The molecule has 0 bridgehead atoms. The lowest BCUT2D eigenvalue weighted by molar-refractivity contribution is 0.0896. The van der Waals surface area contributed by atoms with E-state index in [1.165, 1.54) is 68.2 Å². The summed E-state index contributed by atoms with van der Waals surface area (Å²) in [6.07, 6.45) is 8.65. The van der Waals surface area contributed by atoms with E-state index in [0.717, 1.165) is 6.04 Å². The highest BCUT2D eigenvalue weighted by atomic mass is 15.5. The normalized spacial score (nSPS) is 31.1. The van der Waals surface area contributed by atoms with Gasteiger partial charge in [-0.15, -0.1) is 0 Å². The number of aromatic nitrogens is 1. The standard InChI is InChI=1S/C20H27N3/c1-2-7-18-22-12-6-5-10-17(22)20-19-15(11-13-23(18)20)14-8-3-4-9-16(14)21-19/h3-4,8-9,17-18,20-21H,2,5-7,10-13H2,1H3/t17-,18?,20?/m1/s1. The molecular formula is C20H27N3. The predicted molar refractivity (Wildman–Crippen MR) is 94.5 cm³/mol. The highest BCUT2D eigenvalue weighted by Crippen LogP contribution is 2.47. The van der Waals surface area contributed by atoms with E-state index in [2.05, 4.69) is 46.0 Å². The van der Waals surface area contributed by atoms with Crippen molar-refractivity contribution in [1.29, 1.82) is 0 Å². The van der Waals surface area contributed by atoms with Crippen LogP contribution in [-0.2, 0) is 6.42 Å². The Morgan fingerprint density at radius 2 is 2.04 bits per heavy atom. The maximum atomic E-state index is 3.81. The van der Waals surface area contributed by atoms with Crippen molar-refractivity contribution in [2.24, 2.45) is 0 Å². The molecule has 3 aliphatic heterocycles. The van der Waals surface area contributed by atoms with E-state index in [4.69, 9.17) is 0 Å². The molecule has 122 valence electrons. The summed E-state index contributed by atoms with van der Waals surface area (Å²) >= 11 is 0. The molecule has 3 aliphatic rings. The van der Waals surface area contributed by atoms with Crippen LogP contribution in [0.1, 0.15) is 56.3 Å². The Morgan fingerprint density at radius 3 is 2.96 bits per heavy atom. The van der Waals surface area contributed by atoms with Crippen molar-refractivity contribution < 1.29 is 0 Å². The Labute approximate surface area is 138 Å². The van der Waals surface area contributed by atoms with Crippen LogP contribution in [0.3, 0.4) is 0 Å². The summed E-state index contributed by atoms with van der Waals surface area (Å²) in [5.74, 6) is 0. The zero-order chi connectivity index (χ0) is 15.4. The molecular weight excluding hydrogens is 282 g/mol. The van der Waals surface area contributed by atoms with Gasteiger partial charge in [0.1, 0.15) is 0 Å². The van der Waals surface area contributed by atoms with Crippen LogP contribution in [0, 0.1) is 0 Å². The lowest BCUT2D eigenvalue weighted by Crippen LogP contribution is -2.43. The number of para-hydroxylation sites is 1. The number of benzene rings is 1. The molecule has 0 radical (unpaired) electrons. The fourth-order valence-corrected chi connectivity index (χ4v) is 5.51. The third-order valence-electron chi connectivity index (χ3n) is 6.39. The van der Waals surface area contributed by atoms with E-state index in [1.807, 2.05) is 0 Å². The molecule has 0 amide bonds. The first-order chi connectivity index (χ1) is 11.4. The van der Waals surface area contributed by atoms with Crippen LogP contribution in [0.4, 0.5) is 0 Å². The number of fused-ring (bicyclic) bond motifs is 7. The van der Waals surface area contributed by atoms with Gasteiger partial charge in [-0.05, 0) is 37.3 Å². The van der Waals surface area contributed by atoms with E-state index in [9.17, 15) is 0 Å². The molecule has 1 N–H and O–H groups in total. The number of hydrogen-bond donors (Lipinski definition) is 1. The summed E-state index contributed by atoms with van der Waals surface area (Å²) in [4.78, 5) is 9.49. The fraction of sp³-hybridized carbons (Fsp3) is 0.600. The van der Waals surface area contributed by atoms with Gasteiger partial charge in [0.2, 0.25) is 0 Å². The molecule has 1 aromatic carbocycles. The molecule has 2 unspecified atom stereocenters. The quantitative estimate of drug-likeness (QED) is 0.903. The number of piperidine rings is 1. The average molecular weight is 309 g/mol. The largest absolute Gasteiger partial charge is 0.357 e. The third kappa shape index (κ3) is 1.96. The van der Waals surface area contributed by atoms with Gasteiger partial charge >= 0.3 is 0 Å². The van der Waals surface area contributed by atoms with Gasteiger partial charge in [0, 0.05) is 35.7 Å². The van der Waals surface area contributed by atoms with Crippen LogP contribution in [0.15, 0.2) is 24.3 Å². The molecule has 2 fully saturated rings. The first-order valence-corrected chi connectivity index (χ1v) is 9.49. The van der Waals surface area contributed by atoms with E-state index in [0.29, 0.717) is 12.2 Å². The van der Waals surface area contributed by atoms with Crippen molar-refractivity contribution in [3.8, 4) is 0 Å². The smallest absolute Gasteiger partial charge is 0.0672 e. The second-order valence-corrected chi connectivity index (χ2v) is 7.57. The van der Waals surface area contributed by atoms with Gasteiger partial charge in [-0.2, -0.15) is 0 Å². The molecule has 0 aliphatic carbocycles. The summed E-state index contributed by atoms with van der Waals surface area (Å²) in [5, 5.41) is 1.46. The molecule has 3 heteroatoms. The van der Waals surface area contributed by atoms with Crippen LogP contribution >= 0.6 is 0 Å². The van der Waals surface area contributed by atoms with Crippen molar-refractivity contribution >= 4 is 10.9 Å². The van der Waals surface area contributed by atoms with Crippen LogP contribution in [0.5, 0.6) is 0 Å². The number of H-pyrrole nitrogens is 1. The topological polar surface area (TPSA) is 22.3 Å². The molecule has 1 aromatic heterocycles. The molecule has 2 saturated heterocycles. The molecule has 5 rings (SSSR count). The summed E-state index contributed by atoms with van der Waals surface area (Å²) in [5.41, 5.74) is 4.47. The van der Waals surface area contributed by atoms with Gasteiger partial charge in [-0.25, -0.2) is 0 Å². The van der Waals surface area contributed by atoms with Gasteiger partial charge in [-0.1, -0.05) is 38.0 Å². The highest BCUT2D eigenvalue weighted by molar-refractivity contribution is 5.85. The Balaban J connectivity index is 1.63. The highest BCUT2D eigenvalue weighted by Gasteiger charge is 2.50. The van der Waals surface area contributed by atoms with Gasteiger partial charge in [0.25, 0.3) is 0 Å². The van der Waals surface area contributed by atoms with Crippen molar-refractivity contribution in [2.75, 3.05) is 13.1 Å². The first-order valence-electron chi connectivity index (χ1n) is 9.49. The second kappa shape index (κ2) is 5.35. The van der Waals surface area contributed by atoms with Gasteiger partial charge in [0.05, 0.1) is 12.2 Å². The third-order valence-corrected chi connectivity index (χ3v) is 6.39. The summed E-state index contributed by atoms with van der Waals surface area (Å²) in [6.45, 7) is 4.87. The van der Waals surface area contributed by atoms with Gasteiger partial charge in [-0.3, -0.25) is 9.80 Å². The van der Waals surface area contributed by atoms with Crippen LogP contribution in [0.2, 0.25) is 0 Å². The summed E-state index contributed by atoms with van der Waals surface area (Å²) in [7, 11) is 0. The lowest BCUT2D eigenvalue weighted by Gasteiger charge is -2.34. The van der Waals surface area contributed by atoms with E-state index in [1.54, 1.807) is 5.56 Å². The predicted octanol–water partition coefficient (Wildman–Crippen LogP) is 4.06. The Hall–Kier alpha value is -1.32. The zero-order valence-corrected chi connectivity index (χ0v) is 14.1. The van der Waals surface area contributed by atoms with E-state index >= 15 is 0 Å². The number of aromatic amines is 1. The van der Waals surface area contributed by atoms with Crippen molar-refractivity contribution in [2.45, 2.75) is 63.7 Å². The first kappa shape index (κ1) is 14.1. The summed E-state index contributed by atoms with van der Waals surface area (Å²) < 4.78 is 0. The molecule has 3 nitrogen and oxygen atoms in total. The van der Waals surface area contributed by atoms with Crippen molar-refractivity contribution in [3.63, 3.8) is 0 Å². The zero-order valence-electron chi connectivity index (χ0n) is 14.1. The van der Waals surface area contributed by atoms with Crippen molar-refractivity contribution in [3.05, 3.63) is 35.5 Å². The Morgan fingerprint density at radius 1 is 1.13 bits per heavy atom. The molecule has 3 atom stereocenters. The molecule has 2 aromatic rings. The van der Waals surface area contributed by atoms with Gasteiger partial charge in [0.15, 0.2) is 0 Å². The maximum absolute atomic E-state index is 3.81. The minimum Gasteiger partial charge on any atom is -0.357 e. The summed E-state index contributed by atoms with van der Waals surface area (Å²) in [6, 6.07) is 10.2. The number of nitrogens with zero attached hydrogens (tertiary/aromatic N) is 2. The molecule has 4 heterocycles. The lowest BCUT2D eigenvalue weighted by atomic mass is 9.90. The molecule has 23 heavy (non-hydrogen) atoms. The molecule has 0 saturated carbocycles. The van der Waals surface area contributed by atoms with Gasteiger partial charge < -0.3 is 4.98 Å². The molecule has 0 spiro atoms. The SMILES string of the molecule is CCCC1N2CCc3c([nH]c4ccccc34)C2[C@H]2CCCCN12. The van der Waals surface area contributed by atoms with Crippen LogP contribution < -0.4 is 0 Å². The van der Waals surface area contributed by atoms with E-state index in [-0.39, 0.29) is 0 Å². The number of nitrogens with one attached hydrogen (secondary N) is 1. The van der Waals surface area contributed by atoms with Crippen LogP contribution in [-0.4, -0.2) is 40.1 Å². The van der Waals surface area contributed by atoms with E-state index < -0.39 is 0 Å². The Kier molecular flexibility index (Phi) is 3.27. The Bertz CT molecular complexity index is 719.